The average Bonchev–Trinajstić information content (AvgIpc) is 3.50. The van der Waals surface area contributed by atoms with Gasteiger partial charge in [0.25, 0.3) is 0 Å². The van der Waals surface area contributed by atoms with Crippen LogP contribution in [0, 0.1) is 18.3 Å². The van der Waals surface area contributed by atoms with Crippen LogP contribution in [0.3, 0.4) is 0 Å². The zero-order valence-corrected chi connectivity index (χ0v) is 22.6. The second-order valence-electron chi connectivity index (χ2n) is 10.9. The molecular weight excluding hydrogens is 510 g/mol. The van der Waals surface area contributed by atoms with E-state index in [0.717, 1.165) is 30.4 Å². The van der Waals surface area contributed by atoms with Gasteiger partial charge < -0.3 is 24.2 Å². The summed E-state index contributed by atoms with van der Waals surface area (Å²) in [6.45, 7) is 5.01. The van der Waals surface area contributed by atoms with Gasteiger partial charge in [-0.05, 0) is 57.2 Å². The number of nitrogens with zero attached hydrogens (tertiary/aromatic N) is 3. The van der Waals surface area contributed by atoms with Gasteiger partial charge in [0, 0.05) is 42.7 Å². The Morgan fingerprint density at radius 3 is 2.74 bits per heavy atom. The summed E-state index contributed by atoms with van der Waals surface area (Å²) in [4.78, 5) is 42.8. The van der Waals surface area contributed by atoms with Gasteiger partial charge in [0.15, 0.2) is 0 Å². The van der Waals surface area contributed by atoms with Gasteiger partial charge in [0.05, 0.1) is 17.4 Å². The number of amides is 2. The number of ether oxygens (including phenoxy) is 1. The van der Waals surface area contributed by atoms with Gasteiger partial charge >= 0.3 is 5.97 Å². The minimum atomic E-state index is -1.12. The van der Waals surface area contributed by atoms with Crippen molar-refractivity contribution < 1.29 is 28.8 Å². The third kappa shape index (κ3) is 4.88. The van der Waals surface area contributed by atoms with E-state index in [1.165, 1.54) is 0 Å². The van der Waals surface area contributed by atoms with Crippen molar-refractivity contribution in [2.45, 2.75) is 71.4 Å². The molecule has 204 valence electrons. The van der Waals surface area contributed by atoms with Gasteiger partial charge in [-0.3, -0.25) is 14.4 Å². The molecule has 38 heavy (non-hydrogen) atoms. The fourth-order valence-corrected chi connectivity index (χ4v) is 6.55. The number of aromatic nitrogens is 1. The smallest absolute Gasteiger partial charge is 0.310 e. The van der Waals surface area contributed by atoms with Crippen LogP contribution < -0.4 is 4.74 Å². The van der Waals surface area contributed by atoms with Crippen LogP contribution in [0.15, 0.2) is 22.7 Å². The van der Waals surface area contributed by atoms with Crippen LogP contribution >= 0.6 is 11.6 Å². The summed E-state index contributed by atoms with van der Waals surface area (Å²) in [6, 6.07) is 4.89. The molecule has 1 aromatic carbocycles. The highest BCUT2D eigenvalue weighted by Gasteiger charge is 2.50. The van der Waals surface area contributed by atoms with Crippen LogP contribution in [0.1, 0.15) is 74.1 Å². The van der Waals surface area contributed by atoms with Crippen molar-refractivity contribution in [1.82, 2.24) is 15.0 Å². The predicted molar refractivity (Wildman–Crippen MR) is 139 cm³/mol. The lowest BCUT2D eigenvalue weighted by molar-refractivity contribution is -0.162. The van der Waals surface area contributed by atoms with Crippen LogP contribution in [-0.4, -0.2) is 57.5 Å². The Kier molecular flexibility index (Phi) is 7.40. The number of fused-ring (bicyclic) bond motifs is 1. The summed E-state index contributed by atoms with van der Waals surface area (Å²) >= 11 is 6.66. The van der Waals surface area contributed by atoms with E-state index in [-0.39, 0.29) is 18.4 Å². The first-order valence-electron chi connectivity index (χ1n) is 13.4. The Morgan fingerprint density at radius 2 is 2.05 bits per heavy atom. The molecule has 1 N–H and O–H groups in total. The predicted octanol–water partition coefficient (Wildman–Crippen LogP) is 4.54. The largest absolute Gasteiger partial charge is 0.487 e. The summed E-state index contributed by atoms with van der Waals surface area (Å²) in [5.74, 6) is -0.431. The highest BCUT2D eigenvalue weighted by Crippen LogP contribution is 2.46. The van der Waals surface area contributed by atoms with Crippen molar-refractivity contribution in [1.29, 1.82) is 0 Å². The molecule has 2 aromatic rings. The second-order valence-corrected chi connectivity index (χ2v) is 11.3. The monoisotopic (exact) mass is 543 g/mol. The van der Waals surface area contributed by atoms with Crippen molar-refractivity contribution in [3.05, 3.63) is 45.8 Å². The van der Waals surface area contributed by atoms with E-state index in [1.807, 2.05) is 6.92 Å². The fourth-order valence-electron chi connectivity index (χ4n) is 6.29. The molecule has 2 aliphatic heterocycles. The molecule has 2 fully saturated rings. The first kappa shape index (κ1) is 26.5. The summed E-state index contributed by atoms with van der Waals surface area (Å²) in [7, 11) is 0. The normalized spacial score (nSPS) is 25.4. The van der Waals surface area contributed by atoms with Crippen LogP contribution in [0.25, 0.3) is 0 Å². The molecule has 3 heterocycles. The van der Waals surface area contributed by atoms with Crippen molar-refractivity contribution in [3.63, 3.8) is 0 Å². The Hall–Kier alpha value is -3.07. The Morgan fingerprint density at radius 1 is 1.24 bits per heavy atom. The number of aryl methyl sites for hydroxylation is 1. The quantitative estimate of drug-likeness (QED) is 0.545. The second kappa shape index (κ2) is 10.6. The molecule has 0 spiro atoms. The molecule has 9 nitrogen and oxygen atoms in total. The van der Waals surface area contributed by atoms with Crippen LogP contribution in [0.2, 0.25) is 5.02 Å². The SMILES string of the molecule is Cc1cc(COc2ccc(Cl)c3c2[C@@H](CN2CCCC2=O)N(C(=O)C2CCCCC2(C)C(=O)O)CC3)no1. The van der Waals surface area contributed by atoms with Gasteiger partial charge in [-0.15, -0.1) is 0 Å². The zero-order chi connectivity index (χ0) is 27.0. The lowest BCUT2D eigenvalue weighted by atomic mass is 9.66. The number of benzene rings is 1. The summed E-state index contributed by atoms with van der Waals surface area (Å²) < 4.78 is 11.4. The first-order chi connectivity index (χ1) is 18.2. The topological polar surface area (TPSA) is 113 Å². The maximum absolute atomic E-state index is 14.2. The molecule has 5 rings (SSSR count). The molecule has 0 bridgehead atoms. The molecular formula is C28H34ClN3O6. The summed E-state index contributed by atoms with van der Waals surface area (Å²) in [5.41, 5.74) is 1.19. The maximum atomic E-state index is 14.2. The number of rotatable bonds is 7. The number of carbonyl (C=O) groups is 3. The number of carbonyl (C=O) groups excluding carboxylic acids is 2. The molecule has 3 atom stereocenters. The van der Waals surface area contributed by atoms with Gasteiger partial charge in [-0.2, -0.15) is 0 Å². The van der Waals surface area contributed by atoms with Crippen LogP contribution in [0.5, 0.6) is 5.75 Å². The van der Waals surface area contributed by atoms with Crippen LogP contribution in [-0.2, 0) is 27.4 Å². The Bertz CT molecular complexity index is 1250. The molecule has 10 heteroatoms. The Labute approximate surface area is 227 Å². The van der Waals surface area contributed by atoms with E-state index >= 15 is 0 Å². The van der Waals surface area contributed by atoms with Crippen molar-refractivity contribution in [2.75, 3.05) is 19.6 Å². The summed E-state index contributed by atoms with van der Waals surface area (Å²) in [5, 5.41) is 14.7. The third-order valence-electron chi connectivity index (χ3n) is 8.47. The first-order valence-corrected chi connectivity index (χ1v) is 13.7. The number of aliphatic carboxylic acids is 1. The minimum Gasteiger partial charge on any atom is -0.487 e. The van der Waals surface area contributed by atoms with Crippen LogP contribution in [0.4, 0.5) is 0 Å². The summed E-state index contributed by atoms with van der Waals surface area (Å²) in [6.07, 6.45) is 4.38. The van der Waals surface area contributed by atoms with E-state index in [1.54, 1.807) is 34.9 Å². The number of hydrogen-bond donors (Lipinski definition) is 1. The Balaban J connectivity index is 1.53. The van der Waals surface area contributed by atoms with Gasteiger partial charge in [0.2, 0.25) is 11.8 Å². The maximum Gasteiger partial charge on any atom is 0.310 e. The van der Waals surface area contributed by atoms with Gasteiger partial charge in [-0.1, -0.05) is 29.6 Å². The van der Waals surface area contributed by atoms with Crippen molar-refractivity contribution in [2.24, 2.45) is 11.3 Å². The minimum absolute atomic E-state index is 0.0557. The van der Waals surface area contributed by atoms with E-state index in [2.05, 4.69) is 5.16 Å². The number of hydrogen-bond acceptors (Lipinski definition) is 6. The van der Waals surface area contributed by atoms with E-state index in [4.69, 9.17) is 20.9 Å². The number of halogens is 1. The standard InChI is InChI=1S/C28H34ClN3O6/c1-17-14-18(30-38-17)16-37-23-9-8-21(29)19-10-13-32(22(25(19)23)15-31-12-5-7-24(31)33)26(34)20-6-3-4-11-28(20,2)27(35)36/h8-9,14,20,22H,3-7,10-13,15-16H2,1-2H3,(H,35,36)/t20?,22-,28?/m1/s1. The fraction of sp³-hybridized carbons (Fsp3) is 0.571. The van der Waals surface area contributed by atoms with Crippen molar-refractivity contribution in [3.8, 4) is 5.75 Å². The van der Waals surface area contributed by atoms with E-state index < -0.39 is 23.3 Å². The number of carboxylic acid groups (broad SMARTS) is 1. The third-order valence-corrected chi connectivity index (χ3v) is 8.82. The zero-order valence-electron chi connectivity index (χ0n) is 21.9. The van der Waals surface area contributed by atoms with Gasteiger partial charge in [0.1, 0.15) is 23.8 Å². The van der Waals surface area contributed by atoms with E-state index in [0.29, 0.717) is 67.5 Å². The van der Waals surface area contributed by atoms with E-state index in [9.17, 15) is 19.5 Å². The molecule has 2 unspecified atom stereocenters. The molecule has 1 aliphatic carbocycles. The molecule has 1 aromatic heterocycles. The molecule has 1 saturated carbocycles. The molecule has 1 saturated heterocycles. The van der Waals surface area contributed by atoms with Gasteiger partial charge in [-0.25, -0.2) is 0 Å². The molecule has 0 radical (unpaired) electrons. The average molecular weight is 544 g/mol. The highest BCUT2D eigenvalue weighted by atomic mass is 35.5. The lowest BCUT2D eigenvalue weighted by Gasteiger charge is -2.45. The highest BCUT2D eigenvalue weighted by molar-refractivity contribution is 6.31. The molecule has 2 amide bonds. The number of carboxylic acids is 1. The molecule has 3 aliphatic rings. The lowest BCUT2D eigenvalue weighted by Crippen LogP contribution is -2.52. The number of likely N-dealkylation sites (tertiary alicyclic amines) is 1. The van der Waals surface area contributed by atoms with Crippen molar-refractivity contribution >= 4 is 29.4 Å².